The fraction of sp³-hybridized carbons (Fsp3) is 0.0930. The number of benzene rings is 5. The average Bonchev–Trinajstić information content (AvgIpc) is 3.14. The summed E-state index contributed by atoms with van der Waals surface area (Å²) in [4.78, 5) is 40.5. The lowest BCUT2D eigenvalue weighted by Gasteiger charge is -2.40. The molecule has 54 heavy (non-hydrogen) atoms. The molecule has 0 aliphatic heterocycles. The van der Waals surface area contributed by atoms with E-state index in [1.807, 2.05) is 0 Å². The van der Waals surface area contributed by atoms with Crippen LogP contribution in [0.5, 0.6) is 28.7 Å². The molecule has 0 fully saturated rings. The Morgan fingerprint density at radius 1 is 0.611 bits per heavy atom. The number of aliphatic hydroxyl groups is 1. The summed E-state index contributed by atoms with van der Waals surface area (Å²) in [6.07, 6.45) is -1.09. The third-order valence-electron chi connectivity index (χ3n) is 10.0. The minimum Gasteiger partial charge on any atom is -0.507 e. The molecule has 2 heterocycles. The maximum atomic E-state index is 13.6. The molecule has 1 aliphatic rings. The summed E-state index contributed by atoms with van der Waals surface area (Å²) >= 11 is 0. The van der Waals surface area contributed by atoms with E-state index >= 15 is 0 Å². The molecule has 11 heteroatoms. The van der Waals surface area contributed by atoms with Gasteiger partial charge < -0.3 is 39.5 Å². The van der Waals surface area contributed by atoms with Crippen LogP contribution in [0.2, 0.25) is 0 Å². The first-order valence-corrected chi connectivity index (χ1v) is 16.8. The van der Waals surface area contributed by atoms with Crippen molar-refractivity contribution < 1.29 is 44.3 Å². The lowest BCUT2D eigenvalue weighted by Crippen LogP contribution is -2.41. The van der Waals surface area contributed by atoms with Crippen LogP contribution in [0.3, 0.4) is 0 Å². The molecular weight excluding hydrogens is 692 g/mol. The molecule has 6 N–H and O–H groups in total. The largest absolute Gasteiger partial charge is 0.507 e. The first-order chi connectivity index (χ1) is 26.0. The van der Waals surface area contributed by atoms with Gasteiger partial charge in [-0.25, -0.2) is 9.59 Å². The number of rotatable bonds is 6. The first kappa shape index (κ1) is 34.0. The average molecular weight is 723 g/mol. The third-order valence-corrected chi connectivity index (χ3v) is 10.0. The standard InChI is InChI=1S/C43H30O11/c44-29-15-7-13-24-37(26(18-33(48)38(24)29)22-9-3-1-4-10-22)35-19-31(46)27(41(50)53-35)17-28-32(47)20-36(54-42(28)51)40-25-14-8-16-30(45)39(25)34(49)21-43(40,52)23-11-5-2-6-12-23/h1-16,18-20,40,44-48,52H,17,21H2/t40-,43+/m1/s1. The quantitative estimate of drug-likeness (QED) is 0.105. The van der Waals surface area contributed by atoms with Crippen LogP contribution in [0.1, 0.15) is 50.7 Å². The van der Waals surface area contributed by atoms with Gasteiger partial charge >= 0.3 is 11.3 Å². The highest BCUT2D eigenvalue weighted by atomic mass is 16.4. The van der Waals surface area contributed by atoms with Crippen molar-refractivity contribution >= 4 is 16.6 Å². The van der Waals surface area contributed by atoms with Gasteiger partial charge in [-0.3, -0.25) is 4.79 Å². The van der Waals surface area contributed by atoms with E-state index < -0.39 is 58.5 Å². The van der Waals surface area contributed by atoms with E-state index in [0.717, 1.165) is 6.07 Å². The molecule has 8 rings (SSSR count). The maximum absolute atomic E-state index is 13.6. The van der Waals surface area contributed by atoms with E-state index in [9.17, 15) is 45.0 Å². The molecule has 7 aromatic rings. The van der Waals surface area contributed by atoms with Crippen LogP contribution in [-0.4, -0.2) is 36.4 Å². The highest BCUT2D eigenvalue weighted by Gasteiger charge is 2.49. The van der Waals surface area contributed by atoms with Crippen LogP contribution in [0.25, 0.3) is 33.2 Å². The first-order valence-electron chi connectivity index (χ1n) is 16.8. The summed E-state index contributed by atoms with van der Waals surface area (Å²) < 4.78 is 11.5. The summed E-state index contributed by atoms with van der Waals surface area (Å²) in [6, 6.07) is 29.8. The number of fused-ring (bicyclic) bond motifs is 2. The van der Waals surface area contributed by atoms with E-state index in [-0.39, 0.29) is 50.8 Å². The van der Waals surface area contributed by atoms with Gasteiger partial charge in [0, 0.05) is 35.9 Å². The van der Waals surface area contributed by atoms with Crippen molar-refractivity contribution in [1.82, 2.24) is 0 Å². The fourth-order valence-corrected chi connectivity index (χ4v) is 7.53. The van der Waals surface area contributed by atoms with Gasteiger partial charge in [0.05, 0.1) is 28.0 Å². The number of phenols is 3. The minimum absolute atomic E-state index is 0.0519. The van der Waals surface area contributed by atoms with Gasteiger partial charge in [-0.15, -0.1) is 0 Å². The number of carbonyl (C=O) groups is 1. The van der Waals surface area contributed by atoms with Gasteiger partial charge in [0.1, 0.15) is 45.9 Å². The minimum atomic E-state index is -1.95. The monoisotopic (exact) mass is 722 g/mol. The summed E-state index contributed by atoms with van der Waals surface area (Å²) in [5.41, 5.74) is -3.04. The Kier molecular flexibility index (Phi) is 8.08. The lowest BCUT2D eigenvalue weighted by molar-refractivity contribution is 0.00206. The Labute approximate surface area is 305 Å². The molecule has 268 valence electrons. The van der Waals surface area contributed by atoms with E-state index in [4.69, 9.17) is 8.83 Å². The molecule has 0 amide bonds. The zero-order valence-corrected chi connectivity index (χ0v) is 28.2. The number of hydrogen-bond acceptors (Lipinski definition) is 11. The second-order valence-electron chi connectivity index (χ2n) is 13.2. The number of ketones is 1. The number of carbonyl (C=O) groups excluding carboxylic acids is 1. The van der Waals surface area contributed by atoms with Gasteiger partial charge in [0.15, 0.2) is 5.78 Å². The van der Waals surface area contributed by atoms with Crippen molar-refractivity contribution in [2.24, 2.45) is 0 Å². The second kappa shape index (κ2) is 12.8. The Bertz CT molecular complexity index is 2750. The van der Waals surface area contributed by atoms with Crippen molar-refractivity contribution in [3.8, 4) is 51.2 Å². The molecule has 0 saturated carbocycles. The van der Waals surface area contributed by atoms with Crippen LogP contribution >= 0.6 is 0 Å². The molecule has 5 aromatic carbocycles. The molecule has 0 bridgehead atoms. The van der Waals surface area contributed by atoms with E-state index in [2.05, 4.69) is 0 Å². The van der Waals surface area contributed by atoms with Crippen molar-refractivity contribution in [1.29, 1.82) is 0 Å². The zero-order valence-electron chi connectivity index (χ0n) is 28.2. The maximum Gasteiger partial charge on any atom is 0.343 e. The zero-order chi connectivity index (χ0) is 37.9. The van der Waals surface area contributed by atoms with Crippen LogP contribution in [-0.2, 0) is 12.0 Å². The smallest absolute Gasteiger partial charge is 0.343 e. The van der Waals surface area contributed by atoms with Gasteiger partial charge in [-0.2, -0.15) is 0 Å². The fourth-order valence-electron chi connectivity index (χ4n) is 7.53. The third kappa shape index (κ3) is 5.46. The number of hydrogen-bond donors (Lipinski definition) is 6. The second-order valence-corrected chi connectivity index (χ2v) is 13.2. The number of Topliss-reactive ketones (excluding diaryl/α,β-unsaturated/α-hetero) is 1. The number of phenolic OH excluding ortho intramolecular Hbond substituents is 3. The van der Waals surface area contributed by atoms with Crippen molar-refractivity contribution in [3.05, 3.63) is 170 Å². The molecule has 0 radical (unpaired) electrons. The van der Waals surface area contributed by atoms with Crippen LogP contribution in [0, 0.1) is 0 Å². The SMILES string of the molecule is O=C1C[C@](O)(c2ccccc2)[C@@H](c2cc(O)c(Cc3c(O)cc(-c4c(-c5ccccc5)cc(O)c5c(O)cccc45)oc3=O)c(=O)o2)c2cccc(O)c21. The number of aromatic hydroxyl groups is 5. The van der Waals surface area contributed by atoms with Crippen molar-refractivity contribution in [2.75, 3.05) is 0 Å². The van der Waals surface area contributed by atoms with Gasteiger partial charge in [-0.1, -0.05) is 84.9 Å². The molecule has 11 nitrogen and oxygen atoms in total. The molecule has 0 spiro atoms. The van der Waals surface area contributed by atoms with E-state index in [1.54, 1.807) is 72.8 Å². The summed E-state index contributed by atoms with van der Waals surface area (Å²) in [5, 5.41) is 67.3. The summed E-state index contributed by atoms with van der Waals surface area (Å²) in [7, 11) is 0. The van der Waals surface area contributed by atoms with Gasteiger partial charge in [0.25, 0.3) is 0 Å². The Hall–Kier alpha value is -7.11. The highest BCUT2D eigenvalue weighted by Crippen LogP contribution is 2.51. The molecule has 0 unspecified atom stereocenters. The van der Waals surface area contributed by atoms with Crippen molar-refractivity contribution in [3.63, 3.8) is 0 Å². The summed E-state index contributed by atoms with van der Waals surface area (Å²) in [5.74, 6) is -4.03. The molecule has 2 atom stereocenters. The van der Waals surface area contributed by atoms with Crippen LogP contribution < -0.4 is 11.3 Å². The normalized spacial score (nSPS) is 16.7. The Morgan fingerprint density at radius 2 is 1.24 bits per heavy atom. The molecule has 0 saturated heterocycles. The van der Waals surface area contributed by atoms with Crippen LogP contribution in [0.4, 0.5) is 0 Å². The molecular formula is C43H30O11. The van der Waals surface area contributed by atoms with E-state index in [0.29, 0.717) is 27.6 Å². The Morgan fingerprint density at radius 3 is 1.93 bits per heavy atom. The van der Waals surface area contributed by atoms with Gasteiger partial charge in [0.2, 0.25) is 0 Å². The predicted molar refractivity (Wildman–Crippen MR) is 197 cm³/mol. The topological polar surface area (TPSA) is 199 Å². The Balaban J connectivity index is 1.23. The highest BCUT2D eigenvalue weighted by molar-refractivity contribution is 6.08. The van der Waals surface area contributed by atoms with E-state index in [1.165, 1.54) is 36.4 Å². The predicted octanol–water partition coefficient (Wildman–Crippen LogP) is 6.81. The summed E-state index contributed by atoms with van der Waals surface area (Å²) in [6.45, 7) is 0. The molecule has 1 aliphatic carbocycles. The van der Waals surface area contributed by atoms with Gasteiger partial charge in [-0.05, 0) is 40.5 Å². The lowest BCUT2D eigenvalue weighted by atomic mass is 9.67. The molecule has 2 aromatic heterocycles. The van der Waals surface area contributed by atoms with Crippen LogP contribution in [0.15, 0.2) is 134 Å². The van der Waals surface area contributed by atoms with Crippen molar-refractivity contribution in [2.45, 2.75) is 24.4 Å².